The topological polar surface area (TPSA) is 41.5 Å². The second-order valence-electron chi connectivity index (χ2n) is 7.40. The van der Waals surface area contributed by atoms with Crippen LogP contribution in [0.15, 0.2) is 81.2 Å². The number of thioether (sulfide) groups is 1. The summed E-state index contributed by atoms with van der Waals surface area (Å²) in [4.78, 5) is 17.4. The molecule has 0 radical (unpaired) electrons. The lowest BCUT2D eigenvalue weighted by atomic mass is 10.1. The van der Waals surface area contributed by atoms with Gasteiger partial charge < -0.3 is 5.32 Å². The predicted molar refractivity (Wildman–Crippen MR) is 144 cm³/mol. The number of unbranched alkanes of at least 4 members (excludes halogenated alkanes) is 1. The first-order valence-electron chi connectivity index (χ1n) is 11.4. The number of nitrogens with one attached hydrogen (secondary N) is 1. The minimum atomic E-state index is -0.115. The molecule has 0 heterocycles. The van der Waals surface area contributed by atoms with Crippen molar-refractivity contribution in [2.24, 2.45) is 4.99 Å². The molecule has 1 aromatic rings. The van der Waals surface area contributed by atoms with Gasteiger partial charge in [0.15, 0.2) is 0 Å². The van der Waals surface area contributed by atoms with E-state index < -0.39 is 0 Å². The Kier molecular flexibility index (Phi) is 13.8. The Hall–Kier alpha value is -2.59. The van der Waals surface area contributed by atoms with Crippen molar-refractivity contribution in [2.45, 2.75) is 67.2 Å². The monoisotopic (exact) mass is 450 g/mol. The average Bonchev–Trinajstić information content (AvgIpc) is 2.79. The van der Waals surface area contributed by atoms with Crippen LogP contribution in [0.5, 0.6) is 0 Å². The van der Waals surface area contributed by atoms with E-state index in [1.165, 1.54) is 11.1 Å². The van der Waals surface area contributed by atoms with Gasteiger partial charge in [-0.3, -0.25) is 9.79 Å². The molecule has 1 aromatic carbocycles. The van der Waals surface area contributed by atoms with E-state index in [2.05, 4.69) is 60.8 Å². The van der Waals surface area contributed by atoms with Crippen molar-refractivity contribution in [3.05, 3.63) is 87.4 Å². The number of aryl methyl sites for hydroxylation is 1. The van der Waals surface area contributed by atoms with Gasteiger partial charge in [0.05, 0.1) is 10.7 Å². The zero-order valence-electron chi connectivity index (χ0n) is 20.4. The fraction of sp³-hybridized carbons (Fsp3) is 0.357. The molecular formula is C28H38N2OS. The smallest absolute Gasteiger partial charge is 0.256 e. The van der Waals surface area contributed by atoms with Crippen LogP contribution in [0.3, 0.4) is 0 Å². The third kappa shape index (κ3) is 10.1. The van der Waals surface area contributed by atoms with E-state index in [9.17, 15) is 4.79 Å². The fourth-order valence-electron chi connectivity index (χ4n) is 2.74. The van der Waals surface area contributed by atoms with Crippen molar-refractivity contribution in [1.29, 1.82) is 0 Å². The number of nitrogens with zero attached hydrogens (tertiary/aromatic N) is 1. The Balaban J connectivity index is 3.05. The molecule has 1 N–H and O–H groups in total. The standard InChI is InChI=1S/C28H38N2OS/c1-7-11-13-15-24(14-9-3)23(6)21-32-27(16-12-8-2)30-28(31)25-18-17-22(5)26(20-25)29-19-10-4/h7,11,13-21H,8-10,12H2,1-6H3,(H,30,31)/b11-7-,15-13+,23-21+,24-14+,27-16+,29-19-. The summed E-state index contributed by atoms with van der Waals surface area (Å²) in [5.74, 6) is -0.115. The molecule has 0 spiro atoms. The second kappa shape index (κ2) is 16.1. The van der Waals surface area contributed by atoms with Crippen LogP contribution in [-0.4, -0.2) is 12.1 Å². The molecule has 0 aromatic heterocycles. The molecular weight excluding hydrogens is 412 g/mol. The van der Waals surface area contributed by atoms with Gasteiger partial charge in [0.2, 0.25) is 0 Å². The number of hydrogen-bond donors (Lipinski definition) is 1. The summed E-state index contributed by atoms with van der Waals surface area (Å²) in [6.45, 7) is 12.4. The van der Waals surface area contributed by atoms with Gasteiger partial charge in [-0.05, 0) is 74.3 Å². The molecule has 4 heteroatoms. The largest absolute Gasteiger partial charge is 0.317 e. The van der Waals surface area contributed by atoms with Crippen LogP contribution in [0.1, 0.15) is 76.2 Å². The first-order valence-corrected chi connectivity index (χ1v) is 12.3. The van der Waals surface area contributed by atoms with Crippen LogP contribution < -0.4 is 5.32 Å². The molecule has 0 aliphatic heterocycles. The highest BCUT2D eigenvalue weighted by molar-refractivity contribution is 8.05. The van der Waals surface area contributed by atoms with Gasteiger partial charge in [0.25, 0.3) is 5.91 Å². The van der Waals surface area contributed by atoms with Crippen molar-refractivity contribution in [3.8, 4) is 0 Å². The minimum Gasteiger partial charge on any atom is -0.317 e. The second-order valence-corrected chi connectivity index (χ2v) is 8.31. The maximum absolute atomic E-state index is 12.9. The number of allylic oxidation sites excluding steroid dienone is 8. The van der Waals surface area contributed by atoms with Crippen molar-refractivity contribution in [3.63, 3.8) is 0 Å². The molecule has 0 aliphatic rings. The number of rotatable bonds is 12. The summed E-state index contributed by atoms with van der Waals surface area (Å²) in [5, 5.41) is 6.05. The highest BCUT2D eigenvalue weighted by atomic mass is 32.2. The number of amides is 1. The van der Waals surface area contributed by atoms with Gasteiger partial charge in [-0.25, -0.2) is 0 Å². The highest BCUT2D eigenvalue weighted by Crippen LogP contribution is 2.24. The first kappa shape index (κ1) is 27.4. The molecule has 3 nitrogen and oxygen atoms in total. The molecule has 0 saturated carbocycles. The quantitative estimate of drug-likeness (QED) is 0.256. The van der Waals surface area contributed by atoms with E-state index in [1.807, 2.05) is 57.3 Å². The highest BCUT2D eigenvalue weighted by Gasteiger charge is 2.10. The van der Waals surface area contributed by atoms with Crippen LogP contribution in [0, 0.1) is 6.92 Å². The Morgan fingerprint density at radius 1 is 1.12 bits per heavy atom. The lowest BCUT2D eigenvalue weighted by Gasteiger charge is -2.10. The van der Waals surface area contributed by atoms with E-state index in [0.29, 0.717) is 5.56 Å². The summed E-state index contributed by atoms with van der Waals surface area (Å²) in [6, 6.07) is 5.66. The Bertz CT molecular complexity index is 917. The molecule has 1 amide bonds. The van der Waals surface area contributed by atoms with Crippen molar-refractivity contribution in [1.82, 2.24) is 5.32 Å². The first-order chi connectivity index (χ1) is 15.5. The Morgan fingerprint density at radius 3 is 2.56 bits per heavy atom. The molecule has 0 unspecified atom stereocenters. The number of benzene rings is 1. The third-order valence-corrected chi connectivity index (χ3v) is 5.55. The maximum atomic E-state index is 12.9. The zero-order chi connectivity index (χ0) is 23.8. The number of carbonyl (C=O) groups excluding carboxylic acids is 1. The summed E-state index contributed by atoms with van der Waals surface area (Å²) >= 11 is 1.55. The molecule has 172 valence electrons. The Labute approximate surface area is 199 Å². The van der Waals surface area contributed by atoms with E-state index in [0.717, 1.165) is 42.0 Å². The fourth-order valence-corrected chi connectivity index (χ4v) is 3.54. The van der Waals surface area contributed by atoms with Crippen molar-refractivity contribution in [2.75, 3.05) is 0 Å². The number of aliphatic imine (C=N–C) groups is 1. The van der Waals surface area contributed by atoms with Gasteiger partial charge in [0, 0.05) is 11.8 Å². The van der Waals surface area contributed by atoms with Crippen molar-refractivity contribution >= 4 is 29.6 Å². The lowest BCUT2D eigenvalue weighted by Crippen LogP contribution is -2.21. The maximum Gasteiger partial charge on any atom is 0.256 e. The predicted octanol–water partition coefficient (Wildman–Crippen LogP) is 8.58. The van der Waals surface area contributed by atoms with Gasteiger partial charge in [-0.2, -0.15) is 0 Å². The zero-order valence-corrected chi connectivity index (χ0v) is 21.3. The summed E-state index contributed by atoms with van der Waals surface area (Å²) in [5.41, 5.74) is 4.87. The van der Waals surface area contributed by atoms with Crippen LogP contribution >= 0.6 is 11.8 Å². The van der Waals surface area contributed by atoms with E-state index >= 15 is 0 Å². The Morgan fingerprint density at radius 2 is 1.91 bits per heavy atom. The molecule has 0 fully saturated rings. The normalized spacial score (nSPS) is 13.6. The number of carbonyl (C=O) groups is 1. The van der Waals surface area contributed by atoms with Crippen molar-refractivity contribution < 1.29 is 4.79 Å². The van der Waals surface area contributed by atoms with Gasteiger partial charge in [0.1, 0.15) is 0 Å². The summed E-state index contributed by atoms with van der Waals surface area (Å²) in [7, 11) is 0. The molecule has 1 rings (SSSR count). The van der Waals surface area contributed by atoms with E-state index in [1.54, 1.807) is 11.8 Å². The van der Waals surface area contributed by atoms with E-state index in [-0.39, 0.29) is 5.91 Å². The molecule has 0 atom stereocenters. The molecule has 0 bridgehead atoms. The minimum absolute atomic E-state index is 0.115. The molecule has 0 aliphatic carbocycles. The van der Waals surface area contributed by atoms with Gasteiger partial charge in [-0.15, -0.1) is 0 Å². The molecule has 32 heavy (non-hydrogen) atoms. The summed E-state index contributed by atoms with van der Waals surface area (Å²) < 4.78 is 0. The SMILES string of the molecule is C\C=C/C=C/C(=C\CC)C(/C)=C/S/C(=C/CCC)NC(=O)c1ccc(C)c(/N=C\CC)c1. The third-order valence-electron chi connectivity index (χ3n) is 4.56. The van der Waals surface area contributed by atoms with Crippen LogP contribution in [-0.2, 0) is 0 Å². The lowest BCUT2D eigenvalue weighted by molar-refractivity contribution is 0.0968. The number of hydrogen-bond acceptors (Lipinski definition) is 3. The average molecular weight is 451 g/mol. The van der Waals surface area contributed by atoms with Gasteiger partial charge in [-0.1, -0.05) is 81.5 Å². The van der Waals surface area contributed by atoms with Crippen LogP contribution in [0.4, 0.5) is 5.69 Å². The summed E-state index contributed by atoms with van der Waals surface area (Å²) in [6.07, 6.45) is 18.1. The van der Waals surface area contributed by atoms with Gasteiger partial charge >= 0.3 is 0 Å². The van der Waals surface area contributed by atoms with Crippen LogP contribution in [0.25, 0.3) is 0 Å². The van der Waals surface area contributed by atoms with E-state index in [4.69, 9.17) is 0 Å². The van der Waals surface area contributed by atoms with Crippen LogP contribution in [0.2, 0.25) is 0 Å². The molecule has 0 saturated heterocycles.